The monoisotopic (exact) mass is 570 g/mol. The van der Waals surface area contributed by atoms with Crippen molar-refractivity contribution in [3.05, 3.63) is 127 Å². The summed E-state index contributed by atoms with van der Waals surface area (Å²) < 4.78 is 8.72. The number of hydrogen-bond donors (Lipinski definition) is 1. The van der Waals surface area contributed by atoms with E-state index in [-0.39, 0.29) is 5.75 Å². The molecule has 0 aliphatic heterocycles. The van der Waals surface area contributed by atoms with Gasteiger partial charge in [-0.05, 0) is 35.7 Å². The molecule has 4 heterocycles. The van der Waals surface area contributed by atoms with Crippen molar-refractivity contribution in [2.75, 3.05) is 0 Å². The number of phenols is 1. The van der Waals surface area contributed by atoms with Gasteiger partial charge in [0.1, 0.15) is 16.9 Å². The summed E-state index contributed by atoms with van der Waals surface area (Å²) in [5.41, 5.74) is 6.12. The number of phenolic OH excluding ortho intramolecular Hbond substituents is 1. The van der Waals surface area contributed by atoms with Gasteiger partial charge >= 0.3 is 0 Å². The van der Waals surface area contributed by atoms with Crippen LogP contribution in [0.25, 0.3) is 86.8 Å². The smallest absolute Gasteiger partial charge is 0.149 e. The van der Waals surface area contributed by atoms with E-state index in [1.54, 1.807) is 11.3 Å². The van der Waals surface area contributed by atoms with Gasteiger partial charge in [-0.15, -0.1) is 11.3 Å². The number of pyridine rings is 2. The number of fused-ring (bicyclic) bond motifs is 8. The highest BCUT2D eigenvalue weighted by Gasteiger charge is 2.25. The number of aromatic nitrogens is 2. The Hall–Kier alpha value is -5.52. The zero-order chi connectivity index (χ0) is 28.5. The van der Waals surface area contributed by atoms with Crippen LogP contribution in [0, 0.1) is 0 Å². The molecule has 0 aliphatic carbocycles. The van der Waals surface area contributed by atoms with Crippen LogP contribution < -0.4 is 0 Å². The molecule has 0 saturated carbocycles. The van der Waals surface area contributed by atoms with E-state index in [1.807, 2.05) is 78.9 Å². The van der Waals surface area contributed by atoms with Crippen LogP contribution in [0.5, 0.6) is 5.75 Å². The number of para-hydroxylation sites is 1. The van der Waals surface area contributed by atoms with Crippen LogP contribution >= 0.6 is 11.3 Å². The highest BCUT2D eigenvalue weighted by molar-refractivity contribution is 7.26. The molecule has 202 valence electrons. The predicted molar refractivity (Wildman–Crippen MR) is 178 cm³/mol. The van der Waals surface area contributed by atoms with E-state index in [0.29, 0.717) is 16.8 Å². The second kappa shape index (κ2) is 9.24. The molecule has 0 bridgehead atoms. The number of hydrogen-bond acceptors (Lipinski definition) is 5. The highest BCUT2D eigenvalue weighted by atomic mass is 32.1. The maximum Gasteiger partial charge on any atom is 0.149 e. The van der Waals surface area contributed by atoms with Crippen LogP contribution in [-0.4, -0.2) is 15.1 Å². The Balaban J connectivity index is 1.42. The molecule has 5 aromatic carbocycles. The fourth-order valence-electron chi connectivity index (χ4n) is 6.23. The minimum atomic E-state index is 0.163. The molecule has 0 unspecified atom stereocenters. The van der Waals surface area contributed by atoms with Gasteiger partial charge in [-0.3, -0.25) is 0 Å². The summed E-state index contributed by atoms with van der Waals surface area (Å²) in [6.45, 7) is 0. The Bertz CT molecular complexity index is 2530. The summed E-state index contributed by atoms with van der Waals surface area (Å²) in [6.07, 6.45) is 0. The maximum absolute atomic E-state index is 12.0. The van der Waals surface area contributed by atoms with Crippen LogP contribution in [-0.2, 0) is 0 Å². The van der Waals surface area contributed by atoms with Gasteiger partial charge < -0.3 is 9.52 Å². The zero-order valence-electron chi connectivity index (χ0n) is 22.8. The molecule has 43 heavy (non-hydrogen) atoms. The van der Waals surface area contributed by atoms with E-state index in [0.717, 1.165) is 69.9 Å². The van der Waals surface area contributed by atoms with Crippen LogP contribution in [0.4, 0.5) is 0 Å². The van der Waals surface area contributed by atoms with Gasteiger partial charge in [-0.25, -0.2) is 9.97 Å². The standard InChI is InChI=1S/C38H22N2O2S/c41-36-25-15-5-4-14-24(25)33-26-16-6-8-19-31(26)42-37(33)34(36)35-38-27(23-13-7-9-20-32(23)43-38)21-30(40-35)29-18-10-17-28(39-29)22-11-2-1-3-12-22/h1-21,41H. The first kappa shape index (κ1) is 24.1. The first-order chi connectivity index (χ1) is 21.2. The minimum absolute atomic E-state index is 0.163. The molecule has 0 aliphatic rings. The number of aromatic hydroxyl groups is 1. The Kier molecular flexibility index (Phi) is 5.18. The lowest BCUT2D eigenvalue weighted by Crippen LogP contribution is -1.94. The van der Waals surface area contributed by atoms with Crippen molar-refractivity contribution in [2.24, 2.45) is 0 Å². The highest BCUT2D eigenvalue weighted by Crippen LogP contribution is 2.50. The average molecular weight is 571 g/mol. The van der Waals surface area contributed by atoms with Crippen molar-refractivity contribution in [2.45, 2.75) is 0 Å². The van der Waals surface area contributed by atoms with Gasteiger partial charge in [0.25, 0.3) is 0 Å². The van der Waals surface area contributed by atoms with Crippen molar-refractivity contribution in [1.82, 2.24) is 9.97 Å². The van der Waals surface area contributed by atoms with Crippen molar-refractivity contribution in [3.8, 4) is 39.7 Å². The Morgan fingerprint density at radius 2 is 1.26 bits per heavy atom. The van der Waals surface area contributed by atoms with Crippen molar-refractivity contribution in [3.63, 3.8) is 0 Å². The summed E-state index contributed by atoms with van der Waals surface area (Å²) in [5, 5.41) is 17.9. The lowest BCUT2D eigenvalue weighted by Gasteiger charge is -2.13. The van der Waals surface area contributed by atoms with E-state index < -0.39 is 0 Å². The second-order valence-electron chi connectivity index (χ2n) is 10.7. The molecule has 5 heteroatoms. The summed E-state index contributed by atoms with van der Waals surface area (Å²) in [7, 11) is 0. The number of rotatable bonds is 3. The summed E-state index contributed by atoms with van der Waals surface area (Å²) in [4.78, 5) is 10.3. The molecule has 0 spiro atoms. The van der Waals surface area contributed by atoms with Gasteiger partial charge in [0.05, 0.1) is 33.0 Å². The third-order valence-corrected chi connectivity index (χ3v) is 9.38. The molecule has 9 aromatic rings. The van der Waals surface area contributed by atoms with E-state index in [1.165, 1.54) is 0 Å². The Labute approximate surface area is 250 Å². The first-order valence-electron chi connectivity index (χ1n) is 14.1. The molecule has 0 fully saturated rings. The molecule has 1 N–H and O–H groups in total. The largest absolute Gasteiger partial charge is 0.506 e. The SMILES string of the molecule is Oc1c(-c2nc(-c3cccc(-c4ccccc4)n3)cc3c2sc2ccccc23)c2oc3ccccc3c2c2ccccc12. The van der Waals surface area contributed by atoms with Gasteiger partial charge in [-0.2, -0.15) is 0 Å². The molecule has 0 atom stereocenters. The predicted octanol–water partition coefficient (Wildman–Crippen LogP) is 10.6. The number of thiophene rings is 1. The number of nitrogens with zero attached hydrogens (tertiary/aromatic N) is 2. The van der Waals surface area contributed by atoms with Crippen LogP contribution in [0.15, 0.2) is 132 Å². The van der Waals surface area contributed by atoms with Crippen molar-refractivity contribution < 1.29 is 9.52 Å². The van der Waals surface area contributed by atoms with Crippen LogP contribution in [0.3, 0.4) is 0 Å². The zero-order valence-corrected chi connectivity index (χ0v) is 23.6. The molecular formula is C38H22N2O2S. The van der Waals surface area contributed by atoms with Crippen LogP contribution in [0.2, 0.25) is 0 Å². The topological polar surface area (TPSA) is 59.2 Å². The van der Waals surface area contributed by atoms with Crippen molar-refractivity contribution >= 4 is 64.2 Å². The Morgan fingerprint density at radius 3 is 2.12 bits per heavy atom. The lowest BCUT2D eigenvalue weighted by atomic mass is 9.96. The lowest BCUT2D eigenvalue weighted by molar-refractivity contribution is 0.483. The molecule has 0 saturated heterocycles. The van der Waals surface area contributed by atoms with Gasteiger partial charge in [-0.1, -0.05) is 97.1 Å². The van der Waals surface area contributed by atoms with Gasteiger partial charge in [0.15, 0.2) is 0 Å². The summed E-state index contributed by atoms with van der Waals surface area (Å²) in [6, 6.07) is 42.7. The fourth-order valence-corrected chi connectivity index (χ4v) is 7.41. The van der Waals surface area contributed by atoms with E-state index in [2.05, 4.69) is 48.5 Å². The van der Waals surface area contributed by atoms with Gasteiger partial charge in [0.2, 0.25) is 0 Å². The molecule has 4 aromatic heterocycles. The van der Waals surface area contributed by atoms with Crippen molar-refractivity contribution in [1.29, 1.82) is 0 Å². The normalized spacial score (nSPS) is 11.8. The average Bonchev–Trinajstić information content (AvgIpc) is 3.64. The van der Waals surface area contributed by atoms with E-state index in [9.17, 15) is 5.11 Å². The fraction of sp³-hybridized carbons (Fsp3) is 0. The minimum Gasteiger partial charge on any atom is -0.506 e. The third kappa shape index (κ3) is 3.62. The Morgan fingerprint density at radius 1 is 0.558 bits per heavy atom. The third-order valence-electron chi connectivity index (χ3n) is 8.19. The molecule has 9 rings (SSSR count). The number of furan rings is 1. The molecular weight excluding hydrogens is 548 g/mol. The second-order valence-corrected chi connectivity index (χ2v) is 11.7. The number of benzene rings is 5. The summed E-state index contributed by atoms with van der Waals surface area (Å²) >= 11 is 1.68. The molecule has 0 radical (unpaired) electrons. The molecule has 0 amide bonds. The van der Waals surface area contributed by atoms with E-state index in [4.69, 9.17) is 14.4 Å². The summed E-state index contributed by atoms with van der Waals surface area (Å²) in [5.74, 6) is 0.163. The van der Waals surface area contributed by atoms with Gasteiger partial charge in [0, 0.05) is 37.2 Å². The molecule has 4 nitrogen and oxygen atoms in total. The van der Waals surface area contributed by atoms with E-state index >= 15 is 0 Å². The first-order valence-corrected chi connectivity index (χ1v) is 15.0. The quantitative estimate of drug-likeness (QED) is 0.230. The van der Waals surface area contributed by atoms with Crippen LogP contribution in [0.1, 0.15) is 0 Å². The maximum atomic E-state index is 12.0.